The fraction of sp³-hybridized carbons (Fsp3) is 0.467. The lowest BCUT2D eigenvalue weighted by Gasteiger charge is -2.37. The topological polar surface area (TPSA) is 46.6 Å². The predicted octanol–water partition coefficient (Wildman–Crippen LogP) is 1.39. The number of hydrogen-bond donors (Lipinski definition) is 0. The first kappa shape index (κ1) is 12.4. The van der Waals surface area contributed by atoms with Crippen LogP contribution < -0.4 is 0 Å². The molecule has 0 aromatic heterocycles. The number of nitrogens with zero attached hydrogens (tertiary/aromatic N) is 1. The van der Waals surface area contributed by atoms with Crippen molar-refractivity contribution in [2.45, 2.75) is 19.4 Å². The Labute approximate surface area is 112 Å². The highest BCUT2D eigenvalue weighted by Crippen LogP contribution is 2.35. The van der Waals surface area contributed by atoms with E-state index in [2.05, 4.69) is 0 Å². The third kappa shape index (κ3) is 2.28. The fourth-order valence-corrected chi connectivity index (χ4v) is 2.88. The van der Waals surface area contributed by atoms with Crippen LogP contribution in [0.5, 0.6) is 0 Å². The molecule has 1 unspecified atom stereocenters. The van der Waals surface area contributed by atoms with E-state index in [4.69, 9.17) is 4.74 Å². The van der Waals surface area contributed by atoms with E-state index in [1.54, 1.807) is 4.90 Å². The number of amides is 1. The quantitative estimate of drug-likeness (QED) is 0.754. The average molecular weight is 259 g/mol. The van der Waals surface area contributed by atoms with Gasteiger partial charge < -0.3 is 9.64 Å². The van der Waals surface area contributed by atoms with Gasteiger partial charge in [0.2, 0.25) is 5.91 Å². The number of hydrogen-bond acceptors (Lipinski definition) is 3. The van der Waals surface area contributed by atoms with Crippen molar-refractivity contribution in [2.24, 2.45) is 5.41 Å². The highest BCUT2D eigenvalue weighted by atomic mass is 16.5. The van der Waals surface area contributed by atoms with Crippen molar-refractivity contribution in [3.8, 4) is 0 Å². The Morgan fingerprint density at radius 1 is 1.21 bits per heavy atom. The molecule has 100 valence electrons. The second-order valence-electron chi connectivity index (χ2n) is 5.42. The van der Waals surface area contributed by atoms with Crippen LogP contribution in [0, 0.1) is 5.41 Å². The highest BCUT2D eigenvalue weighted by molar-refractivity contribution is 6.03. The molecule has 2 saturated heterocycles. The van der Waals surface area contributed by atoms with E-state index in [1.807, 2.05) is 30.3 Å². The Bertz CT molecular complexity index is 491. The van der Waals surface area contributed by atoms with Crippen molar-refractivity contribution >= 4 is 11.7 Å². The zero-order chi connectivity index (χ0) is 13.3. The summed E-state index contributed by atoms with van der Waals surface area (Å²) >= 11 is 0. The first-order valence-electron chi connectivity index (χ1n) is 6.62. The molecule has 4 heteroatoms. The third-order valence-electron chi connectivity index (χ3n) is 4.07. The van der Waals surface area contributed by atoms with Gasteiger partial charge in [-0.3, -0.25) is 9.59 Å². The van der Waals surface area contributed by atoms with Gasteiger partial charge in [-0.05, 0) is 12.0 Å². The molecule has 4 nitrogen and oxygen atoms in total. The molecule has 2 fully saturated rings. The second kappa shape index (κ2) is 4.78. The van der Waals surface area contributed by atoms with Crippen molar-refractivity contribution in [3.05, 3.63) is 35.9 Å². The van der Waals surface area contributed by atoms with Gasteiger partial charge in [0.15, 0.2) is 5.78 Å². The maximum absolute atomic E-state index is 12.1. The van der Waals surface area contributed by atoms with E-state index in [9.17, 15) is 9.59 Å². The Morgan fingerprint density at radius 2 is 2.00 bits per heavy atom. The number of rotatable bonds is 2. The van der Waals surface area contributed by atoms with Crippen molar-refractivity contribution in [2.75, 3.05) is 19.8 Å². The highest BCUT2D eigenvalue weighted by Gasteiger charge is 2.48. The Balaban J connectivity index is 1.78. The fourth-order valence-electron chi connectivity index (χ4n) is 2.88. The number of ketones is 1. The lowest BCUT2D eigenvalue weighted by Crippen LogP contribution is -2.52. The van der Waals surface area contributed by atoms with Crippen LogP contribution in [0.2, 0.25) is 0 Å². The maximum atomic E-state index is 12.1. The van der Waals surface area contributed by atoms with Crippen LogP contribution in [0.3, 0.4) is 0 Å². The Hall–Kier alpha value is -1.68. The minimum Gasteiger partial charge on any atom is -0.380 e. The van der Waals surface area contributed by atoms with Gasteiger partial charge in [0.05, 0.1) is 18.4 Å². The summed E-state index contributed by atoms with van der Waals surface area (Å²) in [5, 5.41) is 0. The van der Waals surface area contributed by atoms with Gasteiger partial charge >= 0.3 is 0 Å². The van der Waals surface area contributed by atoms with Crippen molar-refractivity contribution in [3.63, 3.8) is 0 Å². The lowest BCUT2D eigenvalue weighted by atomic mass is 9.78. The third-order valence-corrected chi connectivity index (χ3v) is 4.07. The molecular weight excluding hydrogens is 242 g/mol. The van der Waals surface area contributed by atoms with Crippen LogP contribution in [0.25, 0.3) is 0 Å². The van der Waals surface area contributed by atoms with Crippen molar-refractivity contribution in [1.29, 1.82) is 0 Å². The number of benzene rings is 1. The van der Waals surface area contributed by atoms with E-state index in [0.717, 1.165) is 12.0 Å². The zero-order valence-corrected chi connectivity index (χ0v) is 10.8. The Morgan fingerprint density at radius 3 is 2.68 bits per heavy atom. The van der Waals surface area contributed by atoms with Gasteiger partial charge in [-0.25, -0.2) is 0 Å². The molecule has 0 aliphatic carbocycles. The molecule has 1 spiro atoms. The van der Waals surface area contributed by atoms with Crippen LogP contribution in [-0.4, -0.2) is 36.3 Å². The van der Waals surface area contributed by atoms with Gasteiger partial charge in [-0.15, -0.1) is 0 Å². The monoisotopic (exact) mass is 259 g/mol. The summed E-state index contributed by atoms with van der Waals surface area (Å²) in [7, 11) is 0. The number of ether oxygens (including phenoxy) is 1. The molecule has 2 aliphatic rings. The van der Waals surface area contributed by atoms with Crippen LogP contribution in [0.15, 0.2) is 30.3 Å². The second-order valence-corrected chi connectivity index (χ2v) is 5.42. The molecule has 0 bridgehead atoms. The molecule has 0 radical (unpaired) electrons. The van der Waals surface area contributed by atoms with E-state index in [0.29, 0.717) is 26.3 Å². The molecule has 1 amide bonds. The summed E-state index contributed by atoms with van der Waals surface area (Å²) < 4.78 is 5.38. The van der Waals surface area contributed by atoms with Crippen LogP contribution in [-0.2, 0) is 20.9 Å². The molecule has 0 saturated carbocycles. The molecular formula is C15H17NO3. The summed E-state index contributed by atoms with van der Waals surface area (Å²) in [6.07, 6.45) is 0.764. The average Bonchev–Trinajstić information content (AvgIpc) is 2.87. The normalized spacial score (nSPS) is 27.3. The van der Waals surface area contributed by atoms with Gasteiger partial charge in [-0.2, -0.15) is 0 Å². The van der Waals surface area contributed by atoms with E-state index in [-0.39, 0.29) is 18.1 Å². The van der Waals surface area contributed by atoms with Crippen molar-refractivity contribution in [1.82, 2.24) is 4.90 Å². The van der Waals surface area contributed by atoms with Gasteiger partial charge in [0.1, 0.15) is 0 Å². The summed E-state index contributed by atoms with van der Waals surface area (Å²) in [4.78, 5) is 25.9. The molecule has 3 rings (SSSR count). The SMILES string of the molecule is O=C1CC(=O)C2(CCOC2)CN1Cc1ccccc1. The van der Waals surface area contributed by atoms with E-state index >= 15 is 0 Å². The zero-order valence-electron chi connectivity index (χ0n) is 10.8. The van der Waals surface area contributed by atoms with Gasteiger partial charge in [0.25, 0.3) is 0 Å². The number of carbonyl (C=O) groups is 2. The molecule has 19 heavy (non-hydrogen) atoms. The standard InChI is InChI=1S/C15H17NO3/c17-13-8-14(18)16(9-12-4-2-1-3-5-12)10-15(13)6-7-19-11-15/h1-5H,6-11H2. The minimum atomic E-state index is -0.442. The summed E-state index contributed by atoms with van der Waals surface area (Å²) in [5.74, 6) is -0.00862. The lowest BCUT2D eigenvalue weighted by molar-refractivity contribution is -0.148. The largest absolute Gasteiger partial charge is 0.380 e. The first-order valence-corrected chi connectivity index (χ1v) is 6.62. The maximum Gasteiger partial charge on any atom is 0.230 e. The van der Waals surface area contributed by atoms with E-state index in [1.165, 1.54) is 0 Å². The van der Waals surface area contributed by atoms with Gasteiger partial charge in [-0.1, -0.05) is 30.3 Å². The van der Waals surface area contributed by atoms with Crippen LogP contribution in [0.1, 0.15) is 18.4 Å². The van der Waals surface area contributed by atoms with Gasteiger partial charge in [0, 0.05) is 19.7 Å². The molecule has 2 heterocycles. The van der Waals surface area contributed by atoms with Crippen LogP contribution >= 0.6 is 0 Å². The summed E-state index contributed by atoms with van der Waals surface area (Å²) in [6, 6.07) is 9.88. The van der Waals surface area contributed by atoms with E-state index < -0.39 is 5.41 Å². The number of Topliss-reactive ketones (excluding diaryl/α,β-unsaturated/α-hetero) is 1. The number of carbonyl (C=O) groups excluding carboxylic acids is 2. The number of likely N-dealkylation sites (tertiary alicyclic amines) is 1. The molecule has 1 aromatic carbocycles. The molecule has 0 N–H and O–H groups in total. The minimum absolute atomic E-state index is 0.0240. The number of piperidine rings is 1. The summed E-state index contributed by atoms with van der Waals surface area (Å²) in [6.45, 7) is 2.16. The predicted molar refractivity (Wildman–Crippen MR) is 69.4 cm³/mol. The van der Waals surface area contributed by atoms with Crippen molar-refractivity contribution < 1.29 is 14.3 Å². The smallest absolute Gasteiger partial charge is 0.230 e. The van der Waals surface area contributed by atoms with Crippen LogP contribution in [0.4, 0.5) is 0 Å². The molecule has 1 atom stereocenters. The first-order chi connectivity index (χ1) is 9.20. The molecule has 1 aromatic rings. The molecule has 2 aliphatic heterocycles. The Kier molecular flexibility index (Phi) is 3.11. The summed E-state index contributed by atoms with van der Waals surface area (Å²) in [5.41, 5.74) is 0.655.